The van der Waals surface area contributed by atoms with Crippen molar-refractivity contribution in [2.24, 2.45) is 11.7 Å². The quantitative estimate of drug-likeness (QED) is 0.656. The Bertz CT molecular complexity index is 153. The van der Waals surface area contributed by atoms with Gasteiger partial charge in [0.05, 0.1) is 0 Å². The highest BCUT2D eigenvalue weighted by Gasteiger charge is 2.23. The second-order valence-electron chi connectivity index (χ2n) is 5.20. The standard InChI is InChI=1S/C14H32N2/c1-6-13(7-2)16(11-12(4)5)14(8-3)9-10-15/h12-14H,6-11,15H2,1-5H3. The number of nitrogens with zero attached hydrogens (tertiary/aromatic N) is 1. The van der Waals surface area contributed by atoms with Gasteiger partial charge in [-0.1, -0.05) is 34.6 Å². The third-order valence-electron chi connectivity index (χ3n) is 3.43. The summed E-state index contributed by atoms with van der Waals surface area (Å²) in [5.41, 5.74) is 5.73. The summed E-state index contributed by atoms with van der Waals surface area (Å²) in [5.74, 6) is 0.743. The molecular weight excluding hydrogens is 196 g/mol. The number of hydrogen-bond acceptors (Lipinski definition) is 2. The van der Waals surface area contributed by atoms with Gasteiger partial charge >= 0.3 is 0 Å². The topological polar surface area (TPSA) is 29.3 Å². The summed E-state index contributed by atoms with van der Waals surface area (Å²) >= 11 is 0. The van der Waals surface area contributed by atoms with Crippen LogP contribution in [-0.4, -0.2) is 30.1 Å². The largest absolute Gasteiger partial charge is 0.330 e. The maximum Gasteiger partial charge on any atom is 0.0108 e. The maximum atomic E-state index is 5.73. The van der Waals surface area contributed by atoms with Gasteiger partial charge in [-0.2, -0.15) is 0 Å². The fourth-order valence-electron chi connectivity index (χ4n) is 2.57. The van der Waals surface area contributed by atoms with E-state index in [0.717, 1.165) is 24.9 Å². The van der Waals surface area contributed by atoms with E-state index in [9.17, 15) is 0 Å². The zero-order chi connectivity index (χ0) is 12.6. The molecule has 0 saturated heterocycles. The fourth-order valence-corrected chi connectivity index (χ4v) is 2.57. The van der Waals surface area contributed by atoms with Gasteiger partial charge in [0, 0.05) is 18.6 Å². The van der Waals surface area contributed by atoms with E-state index in [-0.39, 0.29) is 0 Å². The Balaban J connectivity index is 4.59. The molecule has 0 rings (SSSR count). The van der Waals surface area contributed by atoms with Crippen LogP contribution in [0.3, 0.4) is 0 Å². The van der Waals surface area contributed by atoms with Crippen LogP contribution in [0.4, 0.5) is 0 Å². The van der Waals surface area contributed by atoms with Crippen LogP contribution in [0.15, 0.2) is 0 Å². The molecule has 0 amide bonds. The van der Waals surface area contributed by atoms with Gasteiger partial charge in [0.2, 0.25) is 0 Å². The Morgan fingerprint density at radius 3 is 1.75 bits per heavy atom. The van der Waals surface area contributed by atoms with Gasteiger partial charge in [-0.05, 0) is 38.1 Å². The summed E-state index contributed by atoms with van der Waals surface area (Å²) in [6.45, 7) is 13.5. The van der Waals surface area contributed by atoms with Gasteiger partial charge in [-0.15, -0.1) is 0 Å². The third-order valence-corrected chi connectivity index (χ3v) is 3.43. The molecule has 0 heterocycles. The highest BCUT2D eigenvalue weighted by atomic mass is 15.2. The van der Waals surface area contributed by atoms with E-state index in [2.05, 4.69) is 39.5 Å². The number of nitrogens with two attached hydrogens (primary N) is 1. The lowest BCUT2D eigenvalue weighted by Gasteiger charge is -2.38. The van der Waals surface area contributed by atoms with Crippen molar-refractivity contribution in [2.75, 3.05) is 13.1 Å². The van der Waals surface area contributed by atoms with Crippen molar-refractivity contribution in [1.82, 2.24) is 4.90 Å². The molecule has 0 aromatic carbocycles. The normalized spacial score (nSPS) is 14.1. The van der Waals surface area contributed by atoms with Crippen molar-refractivity contribution in [1.29, 1.82) is 0 Å². The van der Waals surface area contributed by atoms with Crippen molar-refractivity contribution in [2.45, 2.75) is 72.4 Å². The highest BCUT2D eigenvalue weighted by Crippen LogP contribution is 2.19. The minimum atomic E-state index is 0.678. The average Bonchev–Trinajstić information content (AvgIpc) is 2.25. The molecule has 0 aromatic rings. The Labute approximate surface area is 103 Å². The second kappa shape index (κ2) is 9.00. The van der Waals surface area contributed by atoms with Crippen molar-refractivity contribution < 1.29 is 0 Å². The summed E-state index contributed by atoms with van der Waals surface area (Å²) in [4.78, 5) is 2.71. The van der Waals surface area contributed by atoms with E-state index >= 15 is 0 Å². The molecular formula is C14H32N2. The van der Waals surface area contributed by atoms with Crippen LogP contribution in [-0.2, 0) is 0 Å². The van der Waals surface area contributed by atoms with Crippen LogP contribution in [0, 0.1) is 5.92 Å². The zero-order valence-electron chi connectivity index (χ0n) is 12.0. The van der Waals surface area contributed by atoms with Gasteiger partial charge in [0.25, 0.3) is 0 Å². The van der Waals surface area contributed by atoms with E-state index in [1.165, 1.54) is 25.8 Å². The van der Waals surface area contributed by atoms with Crippen LogP contribution in [0.1, 0.15) is 60.3 Å². The van der Waals surface area contributed by atoms with Crippen molar-refractivity contribution in [3.8, 4) is 0 Å². The van der Waals surface area contributed by atoms with Gasteiger partial charge in [0.15, 0.2) is 0 Å². The molecule has 1 atom stereocenters. The fraction of sp³-hybridized carbons (Fsp3) is 1.00. The SMILES string of the molecule is CCC(CC)N(CC(C)C)C(CC)CCN. The van der Waals surface area contributed by atoms with Crippen LogP contribution in [0.5, 0.6) is 0 Å². The molecule has 0 saturated carbocycles. The minimum absolute atomic E-state index is 0.678. The highest BCUT2D eigenvalue weighted by molar-refractivity contribution is 4.78. The minimum Gasteiger partial charge on any atom is -0.330 e. The zero-order valence-corrected chi connectivity index (χ0v) is 12.0. The van der Waals surface area contributed by atoms with Crippen molar-refractivity contribution >= 4 is 0 Å². The summed E-state index contributed by atoms with van der Waals surface area (Å²) in [6.07, 6.45) is 4.87. The lowest BCUT2D eigenvalue weighted by atomic mass is 10.0. The summed E-state index contributed by atoms with van der Waals surface area (Å²) in [6, 6.07) is 1.41. The molecule has 0 bridgehead atoms. The smallest absolute Gasteiger partial charge is 0.0108 e. The van der Waals surface area contributed by atoms with Crippen molar-refractivity contribution in [3.63, 3.8) is 0 Å². The van der Waals surface area contributed by atoms with Gasteiger partial charge < -0.3 is 5.73 Å². The molecule has 16 heavy (non-hydrogen) atoms. The second-order valence-corrected chi connectivity index (χ2v) is 5.20. The number of hydrogen-bond donors (Lipinski definition) is 1. The first-order chi connectivity index (χ1) is 7.60. The molecule has 0 spiro atoms. The Kier molecular flexibility index (Phi) is 8.96. The lowest BCUT2D eigenvalue weighted by Crippen LogP contribution is -2.45. The molecule has 98 valence electrons. The molecule has 1 unspecified atom stereocenters. The van der Waals surface area contributed by atoms with Crippen LogP contribution < -0.4 is 5.73 Å². The molecule has 2 heteroatoms. The Morgan fingerprint density at radius 1 is 0.938 bits per heavy atom. The van der Waals surface area contributed by atoms with Crippen LogP contribution in [0.2, 0.25) is 0 Å². The molecule has 0 aliphatic rings. The van der Waals surface area contributed by atoms with E-state index in [1.54, 1.807) is 0 Å². The maximum absolute atomic E-state index is 5.73. The molecule has 2 nitrogen and oxygen atoms in total. The Morgan fingerprint density at radius 2 is 1.44 bits per heavy atom. The molecule has 0 aliphatic heterocycles. The predicted octanol–water partition coefficient (Wildman–Crippen LogP) is 3.26. The van der Waals surface area contributed by atoms with Gasteiger partial charge in [0.1, 0.15) is 0 Å². The molecule has 0 radical (unpaired) electrons. The molecule has 0 aliphatic carbocycles. The third kappa shape index (κ3) is 5.31. The molecule has 0 fully saturated rings. The van der Waals surface area contributed by atoms with E-state index in [4.69, 9.17) is 5.73 Å². The van der Waals surface area contributed by atoms with Gasteiger partial charge in [-0.3, -0.25) is 4.90 Å². The monoisotopic (exact) mass is 228 g/mol. The van der Waals surface area contributed by atoms with E-state index in [0.29, 0.717) is 6.04 Å². The lowest BCUT2D eigenvalue weighted by molar-refractivity contribution is 0.101. The van der Waals surface area contributed by atoms with Crippen molar-refractivity contribution in [3.05, 3.63) is 0 Å². The predicted molar refractivity (Wildman–Crippen MR) is 73.7 cm³/mol. The van der Waals surface area contributed by atoms with Crippen LogP contribution >= 0.6 is 0 Å². The summed E-state index contributed by atoms with van der Waals surface area (Å²) in [5, 5.41) is 0. The first-order valence-corrected chi connectivity index (χ1v) is 7.06. The molecule has 2 N–H and O–H groups in total. The number of rotatable bonds is 9. The first kappa shape index (κ1) is 15.9. The van der Waals surface area contributed by atoms with E-state index in [1.807, 2.05) is 0 Å². The van der Waals surface area contributed by atoms with E-state index < -0.39 is 0 Å². The summed E-state index contributed by atoms with van der Waals surface area (Å²) in [7, 11) is 0. The summed E-state index contributed by atoms with van der Waals surface area (Å²) < 4.78 is 0. The first-order valence-electron chi connectivity index (χ1n) is 7.06. The molecule has 0 aromatic heterocycles. The Hall–Kier alpha value is -0.0800. The van der Waals surface area contributed by atoms with Gasteiger partial charge in [-0.25, -0.2) is 0 Å². The average molecular weight is 228 g/mol. The van der Waals surface area contributed by atoms with Crippen LogP contribution in [0.25, 0.3) is 0 Å².